The molecule has 2 aliphatic carbocycles. The van der Waals surface area contributed by atoms with E-state index in [-0.39, 0.29) is 25.8 Å². The summed E-state index contributed by atoms with van der Waals surface area (Å²) in [6.07, 6.45) is 13.9. The Morgan fingerprint density at radius 2 is 1.14 bits per heavy atom. The molecular weight excluding hydrogens is 497 g/mol. The first-order chi connectivity index (χ1) is 16.3. The first-order valence-electron chi connectivity index (χ1n) is 13.9. The number of aryl methyl sites for hydroxylation is 4. The molecule has 0 aromatic heterocycles. The summed E-state index contributed by atoms with van der Waals surface area (Å²) in [4.78, 5) is 0. The van der Waals surface area contributed by atoms with E-state index in [1.165, 1.54) is 52.6 Å². The summed E-state index contributed by atoms with van der Waals surface area (Å²) in [7, 11) is -2.69. The van der Waals surface area contributed by atoms with Gasteiger partial charge in [0.05, 0.1) is 0 Å². The fourth-order valence-electron chi connectivity index (χ4n) is 8.00. The second-order valence-corrected chi connectivity index (χ2v) is 25.0. The van der Waals surface area contributed by atoms with Gasteiger partial charge >= 0.3 is 0 Å². The normalized spacial score (nSPS) is 19.4. The first kappa shape index (κ1) is 29.8. The van der Waals surface area contributed by atoms with E-state index in [1.54, 1.807) is 11.1 Å². The quantitative estimate of drug-likeness (QED) is 0.289. The van der Waals surface area contributed by atoms with Gasteiger partial charge in [0.1, 0.15) is 0 Å². The molecule has 191 valence electrons. The topological polar surface area (TPSA) is 0 Å². The van der Waals surface area contributed by atoms with Crippen molar-refractivity contribution in [3.63, 3.8) is 0 Å². The molecular formula is C33H48ScSi2. The Morgan fingerprint density at radius 1 is 0.667 bits per heavy atom. The van der Waals surface area contributed by atoms with Gasteiger partial charge in [0.2, 0.25) is 0 Å². The molecule has 3 unspecified atom stereocenters. The maximum absolute atomic E-state index is 2.65. The molecule has 1 radical (unpaired) electrons. The zero-order valence-electron chi connectivity index (χ0n) is 24.6. The number of benzene rings is 2. The largest absolute Gasteiger partial charge is 0.0764 e. The zero-order valence-corrected chi connectivity index (χ0v) is 28.4. The SMILES string of the molecule is Cc1ccc(C)c2c1C=CC2CCCC(C1C=Cc2c(C)ccc(C)c21)C([Si](C)(C)C)[Si](C)(C)C.[Sc]. The van der Waals surface area contributed by atoms with Crippen LogP contribution < -0.4 is 0 Å². The number of hydrogen-bond acceptors (Lipinski definition) is 0. The second-order valence-electron chi connectivity index (χ2n) is 13.7. The van der Waals surface area contributed by atoms with Crippen molar-refractivity contribution in [2.75, 3.05) is 0 Å². The van der Waals surface area contributed by atoms with Crippen LogP contribution in [0.1, 0.15) is 75.6 Å². The third-order valence-corrected chi connectivity index (χ3v) is 18.7. The minimum atomic E-state index is -1.35. The van der Waals surface area contributed by atoms with E-state index in [0.717, 1.165) is 11.1 Å². The van der Waals surface area contributed by atoms with Gasteiger partial charge in [-0.3, -0.25) is 0 Å². The smallest absolute Gasteiger partial charge is 0.0450 e. The molecule has 0 fully saturated rings. The van der Waals surface area contributed by atoms with E-state index >= 15 is 0 Å². The molecule has 0 amide bonds. The van der Waals surface area contributed by atoms with Crippen LogP contribution in [0, 0.1) is 33.6 Å². The van der Waals surface area contributed by atoms with Gasteiger partial charge in [-0.2, -0.15) is 0 Å². The molecule has 0 nitrogen and oxygen atoms in total. The predicted molar refractivity (Wildman–Crippen MR) is 163 cm³/mol. The van der Waals surface area contributed by atoms with E-state index in [0.29, 0.717) is 11.8 Å². The number of fused-ring (bicyclic) bond motifs is 2. The molecule has 4 rings (SSSR count). The van der Waals surface area contributed by atoms with Crippen LogP contribution in [0.25, 0.3) is 12.2 Å². The average molecular weight is 546 g/mol. The van der Waals surface area contributed by atoms with Crippen LogP contribution >= 0.6 is 0 Å². The van der Waals surface area contributed by atoms with E-state index in [1.807, 2.05) is 0 Å². The molecule has 0 bridgehead atoms. The summed E-state index contributed by atoms with van der Waals surface area (Å²) in [5.41, 5.74) is 12.1. The Kier molecular flexibility index (Phi) is 9.22. The third kappa shape index (κ3) is 5.78. The van der Waals surface area contributed by atoms with Crippen LogP contribution in [0.15, 0.2) is 36.4 Å². The molecule has 0 heterocycles. The Morgan fingerprint density at radius 3 is 1.69 bits per heavy atom. The third-order valence-electron chi connectivity index (χ3n) is 8.92. The molecule has 0 saturated heterocycles. The maximum atomic E-state index is 2.65. The summed E-state index contributed by atoms with van der Waals surface area (Å²) in [6.45, 7) is 25.1. The van der Waals surface area contributed by atoms with Crippen molar-refractivity contribution in [1.29, 1.82) is 0 Å². The summed E-state index contributed by atoms with van der Waals surface area (Å²) in [6, 6.07) is 9.31. The fourth-order valence-corrected chi connectivity index (χ4v) is 21.7. The van der Waals surface area contributed by atoms with Crippen molar-refractivity contribution in [2.45, 2.75) is 103 Å². The average Bonchev–Trinajstić information content (AvgIpc) is 3.37. The molecule has 2 aromatic rings. The van der Waals surface area contributed by atoms with Crippen molar-refractivity contribution >= 4 is 28.3 Å². The van der Waals surface area contributed by atoms with Crippen LogP contribution in [0.3, 0.4) is 0 Å². The molecule has 0 saturated carbocycles. The minimum Gasteiger partial charge on any atom is -0.0764 e. The van der Waals surface area contributed by atoms with Crippen molar-refractivity contribution in [1.82, 2.24) is 0 Å². The maximum Gasteiger partial charge on any atom is 0.0450 e. The molecule has 0 N–H and O–H groups in total. The van der Waals surface area contributed by atoms with Gasteiger partial charge in [-0.05, 0) is 96.1 Å². The van der Waals surface area contributed by atoms with Crippen molar-refractivity contribution in [3.05, 3.63) is 80.9 Å². The van der Waals surface area contributed by atoms with Crippen LogP contribution in [0.4, 0.5) is 0 Å². The van der Waals surface area contributed by atoms with Crippen LogP contribution in [-0.2, 0) is 25.8 Å². The predicted octanol–water partition coefficient (Wildman–Crippen LogP) is 10.2. The molecule has 0 aliphatic heterocycles. The Hall–Kier alpha value is -0.776. The molecule has 36 heavy (non-hydrogen) atoms. The van der Waals surface area contributed by atoms with Gasteiger partial charge in [0.15, 0.2) is 0 Å². The van der Waals surface area contributed by atoms with Crippen molar-refractivity contribution < 1.29 is 25.8 Å². The summed E-state index contributed by atoms with van der Waals surface area (Å²) in [5.74, 6) is 1.94. The fraction of sp³-hybridized carbons (Fsp3) is 0.515. The van der Waals surface area contributed by atoms with E-state index in [4.69, 9.17) is 0 Å². The Bertz CT molecular complexity index is 1150. The molecule has 3 heteroatoms. The monoisotopic (exact) mass is 545 g/mol. The van der Waals surface area contributed by atoms with Gasteiger partial charge in [-0.1, -0.05) is 94.3 Å². The molecule has 2 aromatic carbocycles. The second kappa shape index (κ2) is 11.1. The van der Waals surface area contributed by atoms with Crippen LogP contribution in [0.5, 0.6) is 0 Å². The summed E-state index contributed by atoms with van der Waals surface area (Å²) >= 11 is 0. The van der Waals surface area contributed by atoms with E-state index in [9.17, 15) is 0 Å². The summed E-state index contributed by atoms with van der Waals surface area (Å²) in [5, 5.41) is 0.908. The van der Waals surface area contributed by atoms with Gasteiger partial charge in [0.25, 0.3) is 0 Å². The van der Waals surface area contributed by atoms with Gasteiger partial charge in [-0.25, -0.2) is 0 Å². The van der Waals surface area contributed by atoms with E-state index in [2.05, 4.69) is 116 Å². The number of rotatable bonds is 8. The molecule has 0 spiro atoms. The van der Waals surface area contributed by atoms with Crippen molar-refractivity contribution in [2.24, 2.45) is 5.92 Å². The van der Waals surface area contributed by atoms with Crippen LogP contribution in [-0.4, -0.2) is 16.1 Å². The molecule has 3 atom stereocenters. The molecule has 2 aliphatic rings. The summed E-state index contributed by atoms with van der Waals surface area (Å²) < 4.78 is 0. The number of allylic oxidation sites excluding steroid dienone is 2. The Labute approximate surface area is 242 Å². The standard InChI is InChI=1S/C33H48Si2.Sc/c1-22-14-16-24(3)31-26(18-19-27(22)31)12-11-13-30(33(34(5,6)7)35(8,9)10)29-21-20-28-23(2)15-17-25(4)32(28)29;/h14-21,26,29-30,33H,11-13H2,1-10H3;. The zero-order chi connectivity index (χ0) is 25.7. The van der Waals surface area contributed by atoms with Gasteiger partial charge in [0, 0.05) is 53.8 Å². The van der Waals surface area contributed by atoms with Crippen molar-refractivity contribution in [3.8, 4) is 0 Å². The van der Waals surface area contributed by atoms with Gasteiger partial charge < -0.3 is 0 Å². The Balaban J connectivity index is 0.00000361. The minimum absolute atomic E-state index is 0. The number of hydrogen-bond donors (Lipinski definition) is 0. The van der Waals surface area contributed by atoms with Crippen LogP contribution in [0.2, 0.25) is 44.4 Å². The van der Waals surface area contributed by atoms with Gasteiger partial charge in [-0.15, -0.1) is 0 Å². The van der Waals surface area contributed by atoms with E-state index < -0.39 is 16.1 Å². The first-order valence-corrected chi connectivity index (χ1v) is 21.0.